The van der Waals surface area contributed by atoms with E-state index >= 15 is 0 Å². The van der Waals surface area contributed by atoms with Crippen LogP contribution in [-0.4, -0.2) is 44.3 Å². The second-order valence-electron chi connectivity index (χ2n) is 8.02. The summed E-state index contributed by atoms with van der Waals surface area (Å²) in [4.78, 5) is 43.8. The number of ether oxygens (including phenoxy) is 3. The summed E-state index contributed by atoms with van der Waals surface area (Å²) in [5.41, 5.74) is 2.23. The van der Waals surface area contributed by atoms with Crippen molar-refractivity contribution in [1.82, 2.24) is 0 Å². The van der Waals surface area contributed by atoms with Crippen LogP contribution in [0.25, 0.3) is 0 Å². The van der Waals surface area contributed by atoms with E-state index in [2.05, 4.69) is 4.99 Å². The minimum Gasteiger partial charge on any atom is -0.496 e. The van der Waals surface area contributed by atoms with Crippen molar-refractivity contribution in [2.24, 2.45) is 22.7 Å². The molecule has 2 aliphatic rings. The highest BCUT2D eigenvalue weighted by molar-refractivity contribution is 6.17. The van der Waals surface area contributed by atoms with E-state index < -0.39 is 29.7 Å². The molecule has 1 aliphatic carbocycles. The smallest absolute Gasteiger partial charge is 0.336 e. The lowest BCUT2D eigenvalue weighted by Gasteiger charge is -2.40. The van der Waals surface area contributed by atoms with Crippen LogP contribution in [0.3, 0.4) is 0 Å². The lowest BCUT2D eigenvalue weighted by Crippen LogP contribution is -2.48. The number of carbonyl (C=O) groups excluding carboxylic acids is 3. The summed E-state index contributed by atoms with van der Waals surface area (Å²) in [6, 6.07) is 7.29. The van der Waals surface area contributed by atoms with Crippen LogP contribution >= 0.6 is 0 Å². The maximum atomic E-state index is 13.6. The molecule has 166 valence electrons. The van der Waals surface area contributed by atoms with Gasteiger partial charge in [0.05, 0.1) is 32.3 Å². The Morgan fingerprint density at radius 3 is 2.52 bits per heavy atom. The highest BCUT2D eigenvalue weighted by Gasteiger charge is 2.51. The number of rotatable bonds is 6. The first-order chi connectivity index (χ1) is 14.8. The molecule has 0 bridgehead atoms. The fraction of sp³-hybridized carbons (Fsp3) is 0.500. The van der Waals surface area contributed by atoms with Crippen molar-refractivity contribution < 1.29 is 28.6 Å². The molecule has 1 aromatic rings. The van der Waals surface area contributed by atoms with E-state index in [0.29, 0.717) is 41.1 Å². The number of hydrogen-bond acceptors (Lipinski definition) is 7. The number of fused-ring (bicyclic) bond motifs is 1. The molecule has 4 atom stereocenters. The molecule has 0 radical (unpaired) electrons. The van der Waals surface area contributed by atoms with Crippen molar-refractivity contribution in [3.05, 3.63) is 41.1 Å². The standard InChI is InChI=1S/C24H29NO6/c1-6-11-31-24(28)19-14(3)25-16-12-13(2)18(23(27)30-5)22(26)21(16)20(19)15-9-7-8-10-17(15)29-4/h7-10,13,18,20-21H,6,11-12H2,1-5H3/t13-,18+,20-,21+/m1/s1. The summed E-state index contributed by atoms with van der Waals surface area (Å²) in [6.07, 6.45) is 1.15. The lowest BCUT2D eigenvalue weighted by molar-refractivity contribution is -0.152. The first kappa shape index (κ1) is 22.7. The first-order valence-corrected chi connectivity index (χ1v) is 10.5. The Morgan fingerprint density at radius 2 is 1.87 bits per heavy atom. The molecule has 0 aromatic heterocycles. The largest absolute Gasteiger partial charge is 0.496 e. The number of benzene rings is 1. The molecular formula is C24H29NO6. The van der Waals surface area contributed by atoms with Crippen molar-refractivity contribution in [2.75, 3.05) is 20.8 Å². The van der Waals surface area contributed by atoms with E-state index in [1.54, 1.807) is 20.1 Å². The van der Waals surface area contributed by atoms with Gasteiger partial charge in [0.1, 0.15) is 11.7 Å². The van der Waals surface area contributed by atoms with Gasteiger partial charge in [-0.15, -0.1) is 0 Å². The molecule has 0 amide bonds. The van der Waals surface area contributed by atoms with Crippen LogP contribution in [0.1, 0.15) is 45.1 Å². The second kappa shape index (κ2) is 9.45. The van der Waals surface area contributed by atoms with Gasteiger partial charge in [0.15, 0.2) is 5.78 Å². The Kier molecular flexibility index (Phi) is 6.93. The Hall–Kier alpha value is -2.96. The van der Waals surface area contributed by atoms with E-state index in [1.807, 2.05) is 32.0 Å². The third kappa shape index (κ3) is 4.13. The number of allylic oxidation sites excluding steroid dienone is 1. The number of esters is 2. The van der Waals surface area contributed by atoms with Gasteiger partial charge < -0.3 is 14.2 Å². The normalized spacial score (nSPS) is 25.5. The number of methoxy groups -OCH3 is 2. The maximum absolute atomic E-state index is 13.6. The number of para-hydroxylation sites is 1. The van der Waals surface area contributed by atoms with Gasteiger partial charge in [-0.1, -0.05) is 32.0 Å². The van der Waals surface area contributed by atoms with Crippen LogP contribution < -0.4 is 4.74 Å². The number of nitrogens with zero attached hydrogens (tertiary/aromatic N) is 1. The number of Topliss-reactive ketones (excluding diaryl/α,β-unsaturated/α-hetero) is 1. The molecular weight excluding hydrogens is 398 g/mol. The third-order valence-corrected chi connectivity index (χ3v) is 6.00. The Bertz CT molecular complexity index is 947. The average Bonchev–Trinajstić information content (AvgIpc) is 2.76. The molecule has 1 aliphatic heterocycles. The molecule has 0 unspecified atom stereocenters. The summed E-state index contributed by atoms with van der Waals surface area (Å²) in [6.45, 7) is 5.79. The first-order valence-electron chi connectivity index (χ1n) is 10.5. The van der Waals surface area contributed by atoms with Crippen molar-refractivity contribution in [2.45, 2.75) is 39.5 Å². The number of hydrogen-bond donors (Lipinski definition) is 0. The SMILES string of the molecule is CCCOC(=O)C1=C(C)N=C2C[C@@H](C)[C@H](C(=O)OC)C(=O)[C@@H]2[C@@H]1c1ccccc1OC. The van der Waals surface area contributed by atoms with E-state index in [9.17, 15) is 14.4 Å². The molecule has 0 spiro atoms. The van der Waals surface area contributed by atoms with E-state index in [4.69, 9.17) is 14.2 Å². The van der Waals surface area contributed by atoms with Gasteiger partial charge in [-0.25, -0.2) is 4.79 Å². The van der Waals surface area contributed by atoms with Gasteiger partial charge in [-0.2, -0.15) is 0 Å². The summed E-state index contributed by atoms with van der Waals surface area (Å²) < 4.78 is 15.9. The van der Waals surface area contributed by atoms with Gasteiger partial charge in [-0.3, -0.25) is 14.6 Å². The molecule has 0 N–H and O–H groups in total. The summed E-state index contributed by atoms with van der Waals surface area (Å²) >= 11 is 0. The molecule has 1 heterocycles. The van der Waals surface area contributed by atoms with Crippen LogP contribution in [0.2, 0.25) is 0 Å². The van der Waals surface area contributed by atoms with Gasteiger partial charge in [-0.05, 0) is 31.7 Å². The predicted molar refractivity (Wildman–Crippen MR) is 115 cm³/mol. The highest BCUT2D eigenvalue weighted by atomic mass is 16.5. The van der Waals surface area contributed by atoms with Crippen LogP contribution in [0.4, 0.5) is 0 Å². The zero-order valence-corrected chi connectivity index (χ0v) is 18.6. The average molecular weight is 427 g/mol. The summed E-state index contributed by atoms with van der Waals surface area (Å²) in [5, 5.41) is 0. The van der Waals surface area contributed by atoms with Crippen molar-refractivity contribution in [1.29, 1.82) is 0 Å². The minimum absolute atomic E-state index is 0.241. The third-order valence-electron chi connectivity index (χ3n) is 6.00. The second-order valence-corrected chi connectivity index (χ2v) is 8.02. The van der Waals surface area contributed by atoms with E-state index in [-0.39, 0.29) is 18.3 Å². The zero-order valence-electron chi connectivity index (χ0n) is 18.6. The minimum atomic E-state index is -0.905. The lowest BCUT2D eigenvalue weighted by atomic mass is 9.63. The van der Waals surface area contributed by atoms with Crippen molar-refractivity contribution >= 4 is 23.4 Å². The number of aliphatic imine (C=N–C) groups is 1. The predicted octanol–water partition coefficient (Wildman–Crippen LogP) is 3.47. The van der Waals surface area contributed by atoms with E-state index in [0.717, 1.165) is 0 Å². The van der Waals surface area contributed by atoms with Crippen LogP contribution in [0, 0.1) is 17.8 Å². The molecule has 1 aromatic carbocycles. The van der Waals surface area contributed by atoms with Crippen LogP contribution in [-0.2, 0) is 23.9 Å². The molecule has 1 saturated carbocycles. The van der Waals surface area contributed by atoms with Gasteiger partial charge in [0.25, 0.3) is 0 Å². The van der Waals surface area contributed by atoms with Gasteiger partial charge >= 0.3 is 11.9 Å². The van der Waals surface area contributed by atoms with Gasteiger partial charge in [0.2, 0.25) is 0 Å². The summed E-state index contributed by atoms with van der Waals surface area (Å²) in [5.74, 6) is -3.34. The van der Waals surface area contributed by atoms with Gasteiger partial charge in [0, 0.05) is 22.9 Å². The summed E-state index contributed by atoms with van der Waals surface area (Å²) in [7, 11) is 2.83. The van der Waals surface area contributed by atoms with Crippen LogP contribution in [0.5, 0.6) is 5.75 Å². The molecule has 0 saturated heterocycles. The highest BCUT2D eigenvalue weighted by Crippen LogP contribution is 2.47. The fourth-order valence-corrected chi connectivity index (χ4v) is 4.63. The molecule has 3 rings (SSSR count). The number of carbonyl (C=O) groups is 3. The monoisotopic (exact) mass is 427 g/mol. The van der Waals surface area contributed by atoms with Crippen molar-refractivity contribution in [3.63, 3.8) is 0 Å². The van der Waals surface area contributed by atoms with E-state index in [1.165, 1.54) is 7.11 Å². The zero-order chi connectivity index (χ0) is 22.7. The Morgan fingerprint density at radius 1 is 1.16 bits per heavy atom. The maximum Gasteiger partial charge on any atom is 0.336 e. The molecule has 1 fully saturated rings. The molecule has 31 heavy (non-hydrogen) atoms. The van der Waals surface area contributed by atoms with Crippen LogP contribution in [0.15, 0.2) is 40.5 Å². The topological polar surface area (TPSA) is 91.3 Å². The Balaban J connectivity index is 2.19. The fourth-order valence-electron chi connectivity index (χ4n) is 4.63. The molecule has 7 heteroatoms. The number of ketones is 1. The van der Waals surface area contributed by atoms with Crippen molar-refractivity contribution in [3.8, 4) is 5.75 Å². The Labute approximate surface area is 182 Å². The molecule has 7 nitrogen and oxygen atoms in total. The quantitative estimate of drug-likeness (QED) is 0.510.